The third-order valence-corrected chi connectivity index (χ3v) is 14.0. The minimum atomic E-state index is -0.787. The summed E-state index contributed by atoms with van der Waals surface area (Å²) in [5.41, 5.74) is 0. The van der Waals surface area contributed by atoms with Crippen LogP contribution in [0.1, 0.15) is 310 Å². The van der Waals surface area contributed by atoms with E-state index in [9.17, 15) is 14.4 Å². The number of esters is 3. The van der Waals surface area contributed by atoms with Gasteiger partial charge in [0.15, 0.2) is 6.10 Å². The molecule has 446 valence electrons. The number of hydrogen-bond acceptors (Lipinski definition) is 6. The highest BCUT2D eigenvalue weighted by Crippen LogP contribution is 2.16. The molecule has 0 fully saturated rings. The van der Waals surface area contributed by atoms with E-state index in [1.165, 1.54) is 141 Å². The van der Waals surface area contributed by atoms with Gasteiger partial charge in [0.05, 0.1) is 0 Å². The number of unbranched alkanes of at least 4 members (excludes halogenated alkanes) is 30. The normalized spacial score (nSPS) is 12.8. The summed E-state index contributed by atoms with van der Waals surface area (Å²) in [4.78, 5) is 38.3. The third-order valence-electron chi connectivity index (χ3n) is 14.0. The van der Waals surface area contributed by atoms with Gasteiger partial charge in [-0.25, -0.2) is 0 Å². The van der Waals surface area contributed by atoms with E-state index in [0.29, 0.717) is 19.3 Å². The number of ether oxygens (including phenoxy) is 3. The fourth-order valence-electron chi connectivity index (χ4n) is 9.10. The topological polar surface area (TPSA) is 78.9 Å². The second-order valence-electron chi connectivity index (χ2n) is 21.6. The molecule has 78 heavy (non-hydrogen) atoms. The van der Waals surface area contributed by atoms with Crippen molar-refractivity contribution in [1.82, 2.24) is 0 Å². The molecule has 0 rings (SSSR count). The molecule has 0 aliphatic rings. The van der Waals surface area contributed by atoms with Gasteiger partial charge in [0.2, 0.25) is 0 Å². The zero-order valence-corrected chi connectivity index (χ0v) is 51.2. The molecular weight excluding hydrogens is 961 g/mol. The standard InChI is InChI=1S/C72H122O6/c1-4-7-10-13-16-19-22-25-28-29-30-31-32-33-34-35-36-37-38-39-40-41-42-43-45-47-50-53-56-59-62-65-71(74)77-68-69(67-76-70(73)64-61-58-55-52-49-46-27-24-21-18-15-12-9-6-3)78-72(75)66-63-60-57-54-51-48-44-26-23-20-17-14-11-8-5-2/h7,10,16,19,24-25,27-28,30-31,33-34,36-37,39-40,42-43,69H,4-6,8-9,11-15,17-18,20-23,26,29,32,35,38,41,44-68H2,1-3H3/b10-7-,19-16-,27-24-,28-25-,31-30-,34-33-,37-36-,40-39-,43-42-. The summed E-state index contributed by atoms with van der Waals surface area (Å²) >= 11 is 0. The first-order valence-electron chi connectivity index (χ1n) is 32.9. The Morgan fingerprint density at radius 1 is 0.269 bits per heavy atom. The second-order valence-corrected chi connectivity index (χ2v) is 21.6. The van der Waals surface area contributed by atoms with Crippen molar-refractivity contribution in [2.75, 3.05) is 13.2 Å². The number of carbonyl (C=O) groups is 3. The van der Waals surface area contributed by atoms with E-state index in [1.807, 2.05) is 0 Å². The van der Waals surface area contributed by atoms with Crippen LogP contribution in [0.4, 0.5) is 0 Å². The summed E-state index contributed by atoms with van der Waals surface area (Å²) < 4.78 is 16.9. The fourth-order valence-corrected chi connectivity index (χ4v) is 9.10. The summed E-state index contributed by atoms with van der Waals surface area (Å²) in [6, 6.07) is 0. The van der Waals surface area contributed by atoms with E-state index in [4.69, 9.17) is 14.2 Å². The van der Waals surface area contributed by atoms with Gasteiger partial charge in [0.25, 0.3) is 0 Å². The average Bonchev–Trinajstić information content (AvgIpc) is 3.44. The number of rotatable bonds is 59. The largest absolute Gasteiger partial charge is 0.462 e. The molecule has 0 aromatic carbocycles. The maximum Gasteiger partial charge on any atom is 0.306 e. The Morgan fingerprint density at radius 3 is 0.795 bits per heavy atom. The van der Waals surface area contributed by atoms with Gasteiger partial charge in [-0.15, -0.1) is 0 Å². The zero-order valence-electron chi connectivity index (χ0n) is 51.2. The van der Waals surface area contributed by atoms with Crippen LogP contribution >= 0.6 is 0 Å². The van der Waals surface area contributed by atoms with Crippen molar-refractivity contribution >= 4 is 17.9 Å². The minimum absolute atomic E-state index is 0.0847. The van der Waals surface area contributed by atoms with E-state index in [1.54, 1.807) is 0 Å². The SMILES string of the molecule is CC/C=C\C/C=C\C/C=C\C/C=C\C/C=C\C/C=C\C/C=C\C/C=C\CCCCCCCCC(=O)OCC(COC(=O)CCCCCCC/C=C\CCCCCCC)OC(=O)CCCCCCCCCCCCCCCCC. The predicted molar refractivity (Wildman–Crippen MR) is 339 cm³/mol. The van der Waals surface area contributed by atoms with Gasteiger partial charge in [-0.05, 0) is 109 Å². The van der Waals surface area contributed by atoms with Crippen molar-refractivity contribution in [1.29, 1.82) is 0 Å². The molecule has 0 aromatic heterocycles. The Bertz CT molecular complexity index is 1570. The predicted octanol–water partition coefficient (Wildman–Crippen LogP) is 22.6. The van der Waals surface area contributed by atoms with Crippen molar-refractivity contribution < 1.29 is 28.6 Å². The summed E-state index contributed by atoms with van der Waals surface area (Å²) in [5, 5.41) is 0. The van der Waals surface area contributed by atoms with E-state index >= 15 is 0 Å². The molecule has 0 saturated carbocycles. The van der Waals surface area contributed by atoms with Gasteiger partial charge in [-0.2, -0.15) is 0 Å². The van der Waals surface area contributed by atoms with Crippen molar-refractivity contribution in [2.24, 2.45) is 0 Å². The summed E-state index contributed by atoms with van der Waals surface area (Å²) in [6.45, 7) is 6.52. The van der Waals surface area contributed by atoms with Gasteiger partial charge in [-0.3, -0.25) is 14.4 Å². The maximum absolute atomic E-state index is 12.9. The highest BCUT2D eigenvalue weighted by atomic mass is 16.6. The van der Waals surface area contributed by atoms with Crippen LogP contribution < -0.4 is 0 Å². The van der Waals surface area contributed by atoms with E-state index < -0.39 is 6.10 Å². The number of allylic oxidation sites excluding steroid dienone is 18. The van der Waals surface area contributed by atoms with E-state index in [0.717, 1.165) is 128 Å². The van der Waals surface area contributed by atoms with Gasteiger partial charge >= 0.3 is 17.9 Å². The molecule has 1 unspecified atom stereocenters. The van der Waals surface area contributed by atoms with Gasteiger partial charge in [-0.1, -0.05) is 291 Å². The Hall–Kier alpha value is -3.93. The van der Waals surface area contributed by atoms with Gasteiger partial charge < -0.3 is 14.2 Å². The van der Waals surface area contributed by atoms with Crippen LogP contribution in [0.25, 0.3) is 0 Å². The molecule has 0 bridgehead atoms. The molecule has 0 N–H and O–H groups in total. The lowest BCUT2D eigenvalue weighted by molar-refractivity contribution is -0.167. The second kappa shape index (κ2) is 65.6. The molecule has 0 aromatic rings. The average molecular weight is 1080 g/mol. The first-order chi connectivity index (χ1) is 38.5. The minimum Gasteiger partial charge on any atom is -0.462 e. The van der Waals surface area contributed by atoms with Crippen molar-refractivity contribution in [2.45, 2.75) is 316 Å². The molecule has 0 heterocycles. The Morgan fingerprint density at radius 2 is 0.500 bits per heavy atom. The summed E-state index contributed by atoms with van der Waals surface area (Å²) in [6.07, 6.45) is 89.5. The van der Waals surface area contributed by atoms with Crippen molar-refractivity contribution in [3.05, 3.63) is 109 Å². The van der Waals surface area contributed by atoms with Gasteiger partial charge in [0.1, 0.15) is 13.2 Å². The maximum atomic E-state index is 12.9. The number of hydrogen-bond donors (Lipinski definition) is 0. The summed E-state index contributed by atoms with van der Waals surface area (Å²) in [7, 11) is 0. The number of carbonyl (C=O) groups excluding carboxylic acids is 3. The third kappa shape index (κ3) is 62.9. The van der Waals surface area contributed by atoms with E-state index in [2.05, 4.69) is 130 Å². The lowest BCUT2D eigenvalue weighted by Gasteiger charge is -2.18. The van der Waals surface area contributed by atoms with Crippen molar-refractivity contribution in [3.8, 4) is 0 Å². The zero-order chi connectivity index (χ0) is 56.4. The molecule has 6 nitrogen and oxygen atoms in total. The van der Waals surface area contributed by atoms with Crippen LogP contribution in [0.5, 0.6) is 0 Å². The molecule has 0 radical (unpaired) electrons. The van der Waals surface area contributed by atoms with Crippen LogP contribution in [-0.2, 0) is 28.6 Å². The molecular formula is C72H122O6. The lowest BCUT2D eigenvalue weighted by Crippen LogP contribution is -2.30. The molecule has 6 heteroatoms. The summed E-state index contributed by atoms with van der Waals surface area (Å²) in [5.74, 6) is -0.897. The highest BCUT2D eigenvalue weighted by molar-refractivity contribution is 5.71. The fraction of sp³-hybridized carbons (Fsp3) is 0.708. The quantitative estimate of drug-likeness (QED) is 0.0261. The van der Waals surface area contributed by atoms with E-state index in [-0.39, 0.29) is 31.1 Å². The smallest absolute Gasteiger partial charge is 0.306 e. The monoisotopic (exact) mass is 1080 g/mol. The first-order valence-corrected chi connectivity index (χ1v) is 32.9. The highest BCUT2D eigenvalue weighted by Gasteiger charge is 2.19. The van der Waals surface area contributed by atoms with Crippen LogP contribution in [0, 0.1) is 0 Å². The molecule has 0 aliphatic carbocycles. The van der Waals surface area contributed by atoms with Gasteiger partial charge in [0, 0.05) is 19.3 Å². The van der Waals surface area contributed by atoms with Crippen LogP contribution in [0.2, 0.25) is 0 Å². The molecule has 0 aliphatic heterocycles. The molecule has 0 spiro atoms. The Kier molecular flexibility index (Phi) is 62.3. The van der Waals surface area contributed by atoms with Crippen LogP contribution in [0.3, 0.4) is 0 Å². The lowest BCUT2D eigenvalue weighted by atomic mass is 10.0. The first kappa shape index (κ1) is 74.1. The molecule has 0 amide bonds. The molecule has 0 saturated heterocycles. The van der Waals surface area contributed by atoms with Crippen molar-refractivity contribution in [3.63, 3.8) is 0 Å². The molecule has 1 atom stereocenters. The Labute approximate surface area is 482 Å². The Balaban J connectivity index is 4.32. The van der Waals surface area contributed by atoms with Crippen LogP contribution in [0.15, 0.2) is 109 Å². The van der Waals surface area contributed by atoms with Crippen LogP contribution in [-0.4, -0.2) is 37.2 Å².